The molecule has 0 saturated heterocycles. The maximum absolute atomic E-state index is 12.2. The Morgan fingerprint density at radius 3 is 2.39 bits per heavy atom. The molecule has 0 bridgehead atoms. The molecule has 0 aliphatic heterocycles. The number of aromatic nitrogens is 1. The van der Waals surface area contributed by atoms with E-state index in [9.17, 15) is 9.59 Å². The molecular formula is C13H13NO3S. The van der Waals surface area contributed by atoms with Gasteiger partial charge in [-0.05, 0) is 31.5 Å². The highest BCUT2D eigenvalue weighted by molar-refractivity contribution is 7.14. The third-order valence-electron chi connectivity index (χ3n) is 2.88. The standard InChI is InChI=1S/C13H13NO3S/c1-7-4-11(18-8(7)2)12(15)9-5-10(13(16)17)14(3)6-9/h4-6H,1-3H3,(H,16,17). The van der Waals surface area contributed by atoms with E-state index in [1.54, 1.807) is 13.2 Å². The number of hydrogen-bond acceptors (Lipinski definition) is 3. The molecule has 18 heavy (non-hydrogen) atoms. The average Bonchev–Trinajstić information content (AvgIpc) is 2.82. The summed E-state index contributed by atoms with van der Waals surface area (Å²) in [6, 6.07) is 3.25. The van der Waals surface area contributed by atoms with Gasteiger partial charge in [0, 0.05) is 23.7 Å². The van der Waals surface area contributed by atoms with Crippen LogP contribution in [0.2, 0.25) is 0 Å². The molecule has 0 spiro atoms. The number of thiophene rings is 1. The first-order valence-electron chi connectivity index (χ1n) is 5.41. The molecule has 2 rings (SSSR count). The molecule has 0 aromatic carbocycles. The van der Waals surface area contributed by atoms with Gasteiger partial charge in [-0.15, -0.1) is 11.3 Å². The third kappa shape index (κ3) is 2.09. The van der Waals surface area contributed by atoms with Crippen molar-refractivity contribution in [2.45, 2.75) is 13.8 Å². The van der Waals surface area contributed by atoms with E-state index in [1.807, 2.05) is 19.9 Å². The highest BCUT2D eigenvalue weighted by Gasteiger charge is 2.18. The fourth-order valence-corrected chi connectivity index (χ4v) is 2.72. The van der Waals surface area contributed by atoms with Crippen LogP contribution in [0.5, 0.6) is 0 Å². The summed E-state index contributed by atoms with van der Waals surface area (Å²) in [4.78, 5) is 24.9. The lowest BCUT2D eigenvalue weighted by Gasteiger charge is -1.93. The summed E-state index contributed by atoms with van der Waals surface area (Å²) in [5.74, 6) is -1.16. The molecule has 4 nitrogen and oxygen atoms in total. The van der Waals surface area contributed by atoms with E-state index in [2.05, 4.69) is 0 Å². The number of carboxylic acid groups (broad SMARTS) is 1. The normalized spacial score (nSPS) is 10.6. The molecule has 0 fully saturated rings. The van der Waals surface area contributed by atoms with Crippen LogP contribution in [0.3, 0.4) is 0 Å². The molecule has 2 aromatic heterocycles. The van der Waals surface area contributed by atoms with Crippen LogP contribution >= 0.6 is 11.3 Å². The molecule has 0 radical (unpaired) electrons. The van der Waals surface area contributed by atoms with Crippen molar-refractivity contribution in [3.63, 3.8) is 0 Å². The number of rotatable bonds is 3. The van der Waals surface area contributed by atoms with Crippen molar-refractivity contribution >= 4 is 23.1 Å². The van der Waals surface area contributed by atoms with Crippen LogP contribution in [0, 0.1) is 13.8 Å². The molecular weight excluding hydrogens is 250 g/mol. The predicted molar refractivity (Wildman–Crippen MR) is 69.6 cm³/mol. The van der Waals surface area contributed by atoms with Gasteiger partial charge in [0.2, 0.25) is 5.78 Å². The van der Waals surface area contributed by atoms with E-state index in [1.165, 1.54) is 22.0 Å². The second-order valence-corrected chi connectivity index (χ2v) is 5.47. The molecule has 0 saturated carbocycles. The fourth-order valence-electron chi connectivity index (χ4n) is 1.73. The molecule has 0 unspecified atom stereocenters. The molecule has 0 atom stereocenters. The van der Waals surface area contributed by atoms with E-state index in [4.69, 9.17) is 5.11 Å². The lowest BCUT2D eigenvalue weighted by Crippen LogP contribution is -2.02. The Labute approximate surface area is 108 Å². The number of hydrogen-bond donors (Lipinski definition) is 1. The van der Waals surface area contributed by atoms with Crippen LogP contribution in [-0.4, -0.2) is 21.4 Å². The van der Waals surface area contributed by atoms with Crippen molar-refractivity contribution in [2.75, 3.05) is 0 Å². The molecule has 2 aromatic rings. The maximum atomic E-state index is 12.2. The van der Waals surface area contributed by atoms with E-state index < -0.39 is 5.97 Å². The minimum Gasteiger partial charge on any atom is -0.477 e. The number of carbonyl (C=O) groups excluding carboxylic acids is 1. The minimum atomic E-state index is -1.03. The quantitative estimate of drug-likeness (QED) is 0.866. The van der Waals surface area contributed by atoms with E-state index in [0.29, 0.717) is 10.4 Å². The van der Waals surface area contributed by atoms with E-state index in [-0.39, 0.29) is 11.5 Å². The Balaban J connectivity index is 2.40. The lowest BCUT2D eigenvalue weighted by molar-refractivity contribution is 0.0686. The van der Waals surface area contributed by atoms with Gasteiger partial charge in [-0.2, -0.15) is 0 Å². The molecule has 94 valence electrons. The Morgan fingerprint density at radius 2 is 1.94 bits per heavy atom. The van der Waals surface area contributed by atoms with Gasteiger partial charge in [0.25, 0.3) is 0 Å². The number of nitrogens with zero attached hydrogens (tertiary/aromatic N) is 1. The summed E-state index contributed by atoms with van der Waals surface area (Å²) in [6.45, 7) is 3.92. The summed E-state index contributed by atoms with van der Waals surface area (Å²) in [5.41, 5.74) is 1.61. The van der Waals surface area contributed by atoms with Crippen LogP contribution in [0.1, 0.15) is 36.2 Å². The highest BCUT2D eigenvalue weighted by Crippen LogP contribution is 2.24. The Bertz CT molecular complexity index is 617. The van der Waals surface area contributed by atoms with Crippen LogP contribution in [0.15, 0.2) is 18.3 Å². The van der Waals surface area contributed by atoms with Crippen molar-refractivity contribution < 1.29 is 14.7 Å². The number of ketones is 1. The van der Waals surface area contributed by atoms with Gasteiger partial charge >= 0.3 is 5.97 Å². The van der Waals surface area contributed by atoms with Crippen LogP contribution in [0.4, 0.5) is 0 Å². The van der Waals surface area contributed by atoms with Gasteiger partial charge in [-0.1, -0.05) is 0 Å². The lowest BCUT2D eigenvalue weighted by atomic mass is 10.1. The summed E-state index contributed by atoms with van der Waals surface area (Å²) < 4.78 is 1.45. The smallest absolute Gasteiger partial charge is 0.352 e. The van der Waals surface area contributed by atoms with Crippen molar-refractivity contribution in [1.29, 1.82) is 0 Å². The monoisotopic (exact) mass is 263 g/mol. The first-order chi connectivity index (χ1) is 8.40. The van der Waals surface area contributed by atoms with Gasteiger partial charge < -0.3 is 9.67 Å². The van der Waals surface area contributed by atoms with Crippen molar-refractivity contribution in [3.05, 3.63) is 44.9 Å². The Morgan fingerprint density at radius 1 is 1.28 bits per heavy atom. The summed E-state index contributed by atoms with van der Waals surface area (Å²) in [5, 5.41) is 8.95. The zero-order chi connectivity index (χ0) is 13.4. The van der Waals surface area contributed by atoms with Crippen LogP contribution < -0.4 is 0 Å². The fraction of sp³-hybridized carbons (Fsp3) is 0.231. The molecule has 0 amide bonds. The second kappa shape index (κ2) is 4.42. The SMILES string of the molecule is Cc1cc(C(=O)c2cc(C(=O)O)n(C)c2)sc1C. The topological polar surface area (TPSA) is 59.3 Å². The van der Waals surface area contributed by atoms with Gasteiger partial charge in [-0.3, -0.25) is 4.79 Å². The summed E-state index contributed by atoms with van der Waals surface area (Å²) in [7, 11) is 1.62. The minimum absolute atomic E-state index is 0.114. The molecule has 1 N–H and O–H groups in total. The highest BCUT2D eigenvalue weighted by atomic mass is 32.1. The van der Waals surface area contributed by atoms with Gasteiger partial charge in [0.15, 0.2) is 0 Å². The van der Waals surface area contributed by atoms with Gasteiger partial charge in [-0.25, -0.2) is 4.79 Å². The Hall–Kier alpha value is -1.88. The number of carbonyl (C=O) groups is 2. The average molecular weight is 263 g/mol. The zero-order valence-corrected chi connectivity index (χ0v) is 11.2. The molecule has 5 heteroatoms. The Kier molecular flexibility index (Phi) is 3.09. The van der Waals surface area contributed by atoms with E-state index >= 15 is 0 Å². The van der Waals surface area contributed by atoms with Gasteiger partial charge in [0.1, 0.15) is 5.69 Å². The van der Waals surface area contributed by atoms with E-state index in [0.717, 1.165) is 10.4 Å². The van der Waals surface area contributed by atoms with Gasteiger partial charge in [0.05, 0.1) is 4.88 Å². The van der Waals surface area contributed by atoms with Crippen LogP contribution in [-0.2, 0) is 7.05 Å². The first kappa shape index (κ1) is 12.6. The van der Waals surface area contributed by atoms with Crippen molar-refractivity contribution in [3.8, 4) is 0 Å². The summed E-state index contributed by atoms with van der Waals surface area (Å²) >= 11 is 1.43. The number of aryl methyl sites for hydroxylation is 3. The first-order valence-corrected chi connectivity index (χ1v) is 6.23. The largest absolute Gasteiger partial charge is 0.477 e. The zero-order valence-electron chi connectivity index (χ0n) is 10.4. The van der Waals surface area contributed by atoms with Crippen LogP contribution in [0.25, 0.3) is 0 Å². The number of carboxylic acids is 1. The molecule has 0 aliphatic carbocycles. The van der Waals surface area contributed by atoms with Crippen molar-refractivity contribution in [1.82, 2.24) is 4.57 Å². The second-order valence-electron chi connectivity index (χ2n) is 4.21. The molecule has 2 heterocycles. The number of aromatic carboxylic acids is 1. The third-order valence-corrected chi connectivity index (χ3v) is 4.03. The summed E-state index contributed by atoms with van der Waals surface area (Å²) in [6.07, 6.45) is 1.55. The van der Waals surface area contributed by atoms with Crippen molar-refractivity contribution in [2.24, 2.45) is 7.05 Å². The predicted octanol–water partition coefficient (Wildman–Crippen LogP) is 2.63. The molecule has 0 aliphatic rings. The maximum Gasteiger partial charge on any atom is 0.352 e.